The number of rotatable bonds is 10. The molecule has 0 aliphatic carbocycles. The predicted octanol–water partition coefficient (Wildman–Crippen LogP) is 6.29. The molecule has 1 aliphatic rings. The molecule has 218 valence electrons. The molecule has 0 saturated carbocycles. The minimum absolute atomic E-state index is 0.195. The van der Waals surface area contributed by atoms with Crippen LogP contribution >= 0.6 is 15.9 Å². The summed E-state index contributed by atoms with van der Waals surface area (Å²) in [6.45, 7) is 0.635. The minimum atomic E-state index is -0.816. The van der Waals surface area contributed by atoms with E-state index < -0.39 is 17.8 Å². The van der Waals surface area contributed by atoms with E-state index in [2.05, 4.69) is 21.2 Å². The van der Waals surface area contributed by atoms with Crippen molar-refractivity contribution in [2.45, 2.75) is 13.2 Å². The Labute approximate surface area is 256 Å². The Morgan fingerprint density at radius 2 is 1.35 bits per heavy atom. The first-order valence-electron chi connectivity index (χ1n) is 13.2. The van der Waals surface area contributed by atoms with Gasteiger partial charge in [-0.2, -0.15) is 0 Å². The van der Waals surface area contributed by atoms with Gasteiger partial charge in [-0.1, -0.05) is 58.4 Å². The number of hydrogen-bond acceptors (Lipinski definition) is 7. The molecule has 0 aromatic heterocycles. The Morgan fingerprint density at radius 1 is 0.721 bits per heavy atom. The number of benzene rings is 4. The number of carbonyl (C=O) groups excluding carboxylic acids is 3. The first-order chi connectivity index (χ1) is 20.9. The molecule has 9 nitrogen and oxygen atoms in total. The van der Waals surface area contributed by atoms with E-state index >= 15 is 0 Å². The van der Waals surface area contributed by atoms with Gasteiger partial charge in [0.05, 0.1) is 19.9 Å². The molecule has 1 N–H and O–H groups in total. The fourth-order valence-electron chi connectivity index (χ4n) is 4.36. The largest absolute Gasteiger partial charge is 0.493 e. The van der Waals surface area contributed by atoms with Crippen molar-refractivity contribution in [3.8, 4) is 23.0 Å². The molecule has 0 radical (unpaired) electrons. The van der Waals surface area contributed by atoms with Gasteiger partial charge in [-0.3, -0.25) is 14.9 Å². The van der Waals surface area contributed by atoms with Crippen LogP contribution in [0.3, 0.4) is 0 Å². The maximum absolute atomic E-state index is 13.2. The van der Waals surface area contributed by atoms with Crippen LogP contribution in [0.2, 0.25) is 0 Å². The van der Waals surface area contributed by atoms with Crippen LogP contribution in [0.1, 0.15) is 16.7 Å². The summed E-state index contributed by atoms with van der Waals surface area (Å²) < 4.78 is 23.8. The van der Waals surface area contributed by atoms with Crippen molar-refractivity contribution in [3.63, 3.8) is 0 Å². The Morgan fingerprint density at radius 3 is 2.02 bits per heavy atom. The van der Waals surface area contributed by atoms with Crippen molar-refractivity contribution in [1.29, 1.82) is 0 Å². The third kappa shape index (κ3) is 6.87. The highest BCUT2D eigenvalue weighted by molar-refractivity contribution is 9.10. The van der Waals surface area contributed by atoms with E-state index in [0.717, 1.165) is 20.5 Å². The van der Waals surface area contributed by atoms with Crippen LogP contribution in [0.5, 0.6) is 23.0 Å². The van der Waals surface area contributed by atoms with Gasteiger partial charge in [0, 0.05) is 4.47 Å². The smallest absolute Gasteiger partial charge is 0.335 e. The molecule has 10 heteroatoms. The van der Waals surface area contributed by atoms with E-state index in [1.807, 2.05) is 48.5 Å². The van der Waals surface area contributed by atoms with Gasteiger partial charge in [0.1, 0.15) is 18.8 Å². The van der Waals surface area contributed by atoms with Crippen molar-refractivity contribution in [2.24, 2.45) is 0 Å². The fraction of sp³-hybridized carbons (Fsp3) is 0.121. The SMILES string of the molecule is COc1cc(/C=C2\C(=O)NC(=O)N(c3ccc(Br)cc3)C2=O)ccc1OCc1ccc(OCc2ccccc2)c(OC)c1. The second kappa shape index (κ2) is 13.3. The lowest BCUT2D eigenvalue weighted by molar-refractivity contribution is -0.122. The summed E-state index contributed by atoms with van der Waals surface area (Å²) >= 11 is 3.33. The zero-order chi connectivity index (χ0) is 30.3. The molecule has 0 bridgehead atoms. The molecule has 1 heterocycles. The van der Waals surface area contributed by atoms with E-state index in [1.165, 1.54) is 13.2 Å². The third-order valence-electron chi connectivity index (χ3n) is 6.54. The number of urea groups is 1. The molecular weight excluding hydrogens is 616 g/mol. The summed E-state index contributed by atoms with van der Waals surface area (Å²) in [5.41, 5.74) is 2.54. The van der Waals surface area contributed by atoms with Crippen molar-refractivity contribution >= 4 is 45.5 Å². The Balaban J connectivity index is 1.30. The first kappa shape index (κ1) is 29.4. The zero-order valence-corrected chi connectivity index (χ0v) is 24.9. The topological polar surface area (TPSA) is 103 Å². The summed E-state index contributed by atoms with van der Waals surface area (Å²) in [6, 6.07) is 26.2. The summed E-state index contributed by atoms with van der Waals surface area (Å²) in [6.07, 6.45) is 1.40. The lowest BCUT2D eigenvalue weighted by Crippen LogP contribution is -2.54. The van der Waals surface area contributed by atoms with Crippen LogP contribution in [0, 0.1) is 0 Å². The fourth-order valence-corrected chi connectivity index (χ4v) is 4.62. The number of barbiturate groups is 1. The number of hydrogen-bond donors (Lipinski definition) is 1. The van der Waals surface area contributed by atoms with E-state index in [4.69, 9.17) is 18.9 Å². The molecule has 4 aromatic carbocycles. The van der Waals surface area contributed by atoms with Gasteiger partial charge < -0.3 is 18.9 Å². The highest BCUT2D eigenvalue weighted by Gasteiger charge is 2.36. The van der Waals surface area contributed by atoms with Crippen LogP contribution in [-0.2, 0) is 22.8 Å². The normalized spacial score (nSPS) is 14.0. The second-order valence-electron chi connectivity index (χ2n) is 9.39. The molecule has 1 aliphatic heterocycles. The number of nitrogens with zero attached hydrogens (tertiary/aromatic N) is 1. The van der Waals surface area contributed by atoms with Crippen LogP contribution in [0.4, 0.5) is 10.5 Å². The maximum atomic E-state index is 13.2. The number of anilines is 1. The molecular formula is C33H27BrN2O7. The van der Waals surface area contributed by atoms with Gasteiger partial charge >= 0.3 is 6.03 Å². The Kier molecular flexibility index (Phi) is 9.07. The highest BCUT2D eigenvalue weighted by atomic mass is 79.9. The maximum Gasteiger partial charge on any atom is 0.335 e. The number of halogens is 1. The highest BCUT2D eigenvalue weighted by Crippen LogP contribution is 2.33. The monoisotopic (exact) mass is 642 g/mol. The van der Waals surface area contributed by atoms with Crippen molar-refractivity contribution in [2.75, 3.05) is 19.1 Å². The van der Waals surface area contributed by atoms with Crippen LogP contribution in [-0.4, -0.2) is 32.1 Å². The summed E-state index contributed by atoms with van der Waals surface area (Å²) in [4.78, 5) is 39.2. The van der Waals surface area contributed by atoms with Crippen molar-refractivity contribution in [1.82, 2.24) is 5.32 Å². The average molecular weight is 643 g/mol. The van der Waals surface area contributed by atoms with Crippen LogP contribution in [0.15, 0.2) is 101 Å². The summed E-state index contributed by atoms with van der Waals surface area (Å²) in [5.74, 6) is 0.532. The molecule has 0 unspecified atom stereocenters. The van der Waals surface area contributed by atoms with Crippen molar-refractivity contribution in [3.05, 3.63) is 118 Å². The second-order valence-corrected chi connectivity index (χ2v) is 10.3. The van der Waals surface area contributed by atoms with Gasteiger partial charge in [0.2, 0.25) is 0 Å². The quantitative estimate of drug-likeness (QED) is 0.160. The molecule has 4 aromatic rings. The average Bonchev–Trinajstić information content (AvgIpc) is 3.02. The third-order valence-corrected chi connectivity index (χ3v) is 7.07. The number of imide groups is 2. The number of methoxy groups -OCH3 is 2. The summed E-state index contributed by atoms with van der Waals surface area (Å²) in [5, 5.41) is 2.22. The lowest BCUT2D eigenvalue weighted by Gasteiger charge is -2.26. The molecule has 1 fully saturated rings. The minimum Gasteiger partial charge on any atom is -0.493 e. The zero-order valence-electron chi connectivity index (χ0n) is 23.3. The van der Waals surface area contributed by atoms with Crippen LogP contribution < -0.4 is 29.2 Å². The molecule has 0 spiro atoms. The van der Waals surface area contributed by atoms with E-state index in [9.17, 15) is 14.4 Å². The molecule has 4 amide bonds. The van der Waals surface area contributed by atoms with Crippen molar-refractivity contribution < 1.29 is 33.3 Å². The standard InChI is InChI=1S/C33H27BrN2O7/c1-40-29-17-22(16-26-31(37)35-33(39)36(32(26)38)25-12-10-24(34)11-13-25)8-14-27(29)43-20-23-9-15-28(30(18-23)41-2)42-19-21-6-4-3-5-7-21/h3-18H,19-20H2,1-2H3,(H,35,37,39)/b26-16+. The predicted molar refractivity (Wildman–Crippen MR) is 164 cm³/mol. The number of nitrogens with one attached hydrogen (secondary N) is 1. The molecule has 5 rings (SSSR count). The number of carbonyl (C=O) groups is 3. The molecule has 1 saturated heterocycles. The van der Waals surface area contributed by atoms with E-state index in [1.54, 1.807) is 49.6 Å². The Hall–Kier alpha value is -5.09. The summed E-state index contributed by atoms with van der Waals surface area (Å²) in [7, 11) is 3.07. The van der Waals surface area contributed by atoms with Gasteiger partial charge in [-0.15, -0.1) is 0 Å². The number of amides is 4. The van der Waals surface area contributed by atoms with Crippen LogP contribution in [0.25, 0.3) is 6.08 Å². The molecule has 43 heavy (non-hydrogen) atoms. The lowest BCUT2D eigenvalue weighted by atomic mass is 10.1. The van der Waals surface area contributed by atoms with Gasteiger partial charge in [-0.25, -0.2) is 9.69 Å². The van der Waals surface area contributed by atoms with E-state index in [-0.39, 0.29) is 12.2 Å². The molecule has 0 atom stereocenters. The number of ether oxygens (including phenoxy) is 4. The first-order valence-corrected chi connectivity index (χ1v) is 14.0. The van der Waals surface area contributed by atoms with Gasteiger partial charge in [0.25, 0.3) is 11.8 Å². The van der Waals surface area contributed by atoms with Gasteiger partial charge in [-0.05, 0) is 71.3 Å². The van der Waals surface area contributed by atoms with E-state index in [0.29, 0.717) is 40.9 Å². The van der Waals surface area contributed by atoms with Gasteiger partial charge in [0.15, 0.2) is 23.0 Å². The Bertz CT molecular complexity index is 1690.